The molecule has 0 unspecified atom stereocenters. The van der Waals surface area contributed by atoms with E-state index in [4.69, 9.17) is 0 Å². The number of hydrogen-bond donors (Lipinski definition) is 1. The standard InChI is InChI=1S/C20H25FN6O2S/c1-14(25-10-3-2-4-11-25)18-23-24-20(27(18)16-7-5-15(21)6-8-16)30-13-17(28)26-12-9-22-19(26)29/h5-8,14H,2-4,9-13H2,1H3,(H,22,29)/t14-/m1/s1. The number of thioether (sulfide) groups is 1. The van der Waals surface area contributed by atoms with Gasteiger partial charge in [0.1, 0.15) is 5.82 Å². The van der Waals surface area contributed by atoms with Crippen molar-refractivity contribution in [1.82, 2.24) is 29.9 Å². The number of aromatic nitrogens is 3. The molecule has 0 bridgehead atoms. The fourth-order valence-electron chi connectivity index (χ4n) is 3.86. The lowest BCUT2D eigenvalue weighted by atomic mass is 10.1. The maximum Gasteiger partial charge on any atom is 0.324 e. The highest BCUT2D eigenvalue weighted by Gasteiger charge is 2.28. The third-order valence-corrected chi connectivity index (χ3v) is 6.45. The van der Waals surface area contributed by atoms with Crippen molar-refractivity contribution in [3.63, 3.8) is 0 Å². The molecular formula is C20H25FN6O2S. The van der Waals surface area contributed by atoms with Gasteiger partial charge in [-0.1, -0.05) is 18.2 Å². The summed E-state index contributed by atoms with van der Waals surface area (Å²) >= 11 is 1.23. The monoisotopic (exact) mass is 432 g/mol. The molecule has 0 aliphatic carbocycles. The summed E-state index contributed by atoms with van der Waals surface area (Å²) in [5, 5.41) is 11.9. The summed E-state index contributed by atoms with van der Waals surface area (Å²) in [6.45, 7) is 4.95. The summed E-state index contributed by atoms with van der Waals surface area (Å²) < 4.78 is 15.4. The Morgan fingerprint density at radius 1 is 1.17 bits per heavy atom. The molecule has 2 saturated heterocycles. The van der Waals surface area contributed by atoms with Gasteiger partial charge in [-0.15, -0.1) is 10.2 Å². The molecule has 8 nitrogen and oxygen atoms in total. The second-order valence-corrected chi connectivity index (χ2v) is 8.43. The topological polar surface area (TPSA) is 83.4 Å². The zero-order chi connectivity index (χ0) is 21.1. The van der Waals surface area contributed by atoms with Crippen molar-refractivity contribution in [1.29, 1.82) is 0 Å². The van der Waals surface area contributed by atoms with E-state index in [1.165, 1.54) is 35.2 Å². The van der Waals surface area contributed by atoms with Gasteiger partial charge in [0, 0.05) is 18.8 Å². The van der Waals surface area contributed by atoms with Gasteiger partial charge in [0.15, 0.2) is 11.0 Å². The first-order valence-electron chi connectivity index (χ1n) is 10.2. The fraction of sp³-hybridized carbons (Fsp3) is 0.500. The highest BCUT2D eigenvalue weighted by Crippen LogP contribution is 2.29. The molecule has 1 aromatic heterocycles. The van der Waals surface area contributed by atoms with Crippen LogP contribution in [0.5, 0.6) is 0 Å². The van der Waals surface area contributed by atoms with Crippen LogP contribution in [-0.4, -0.2) is 68.4 Å². The van der Waals surface area contributed by atoms with E-state index in [2.05, 4.69) is 27.3 Å². The van der Waals surface area contributed by atoms with Gasteiger partial charge in [-0.25, -0.2) is 9.18 Å². The predicted molar refractivity (Wildman–Crippen MR) is 111 cm³/mol. The summed E-state index contributed by atoms with van der Waals surface area (Å²) in [7, 11) is 0. The number of benzene rings is 1. The van der Waals surface area contributed by atoms with Crippen LogP contribution in [0, 0.1) is 5.82 Å². The third kappa shape index (κ3) is 4.34. The predicted octanol–water partition coefficient (Wildman–Crippen LogP) is 2.60. The van der Waals surface area contributed by atoms with Gasteiger partial charge in [0.2, 0.25) is 5.91 Å². The number of carbonyl (C=O) groups is 2. The number of hydrogen-bond acceptors (Lipinski definition) is 6. The Labute approximate surface area is 178 Å². The molecule has 2 aromatic rings. The molecule has 4 rings (SSSR count). The molecule has 0 radical (unpaired) electrons. The number of rotatable bonds is 6. The number of nitrogens with zero attached hydrogens (tertiary/aromatic N) is 5. The average molecular weight is 433 g/mol. The highest BCUT2D eigenvalue weighted by atomic mass is 32.2. The molecule has 3 heterocycles. The van der Waals surface area contributed by atoms with E-state index in [0.29, 0.717) is 18.2 Å². The van der Waals surface area contributed by atoms with Crippen molar-refractivity contribution in [3.8, 4) is 5.69 Å². The zero-order valence-corrected chi connectivity index (χ0v) is 17.7. The smallest absolute Gasteiger partial charge is 0.324 e. The number of likely N-dealkylation sites (tertiary alicyclic amines) is 1. The van der Waals surface area contributed by atoms with Gasteiger partial charge < -0.3 is 5.32 Å². The Balaban J connectivity index is 1.59. The van der Waals surface area contributed by atoms with Crippen molar-refractivity contribution in [2.75, 3.05) is 31.9 Å². The summed E-state index contributed by atoms with van der Waals surface area (Å²) in [5.41, 5.74) is 0.745. The van der Waals surface area contributed by atoms with Gasteiger partial charge in [-0.3, -0.25) is 19.2 Å². The molecule has 0 saturated carbocycles. The van der Waals surface area contributed by atoms with E-state index < -0.39 is 0 Å². The Hall–Kier alpha value is -2.46. The second-order valence-electron chi connectivity index (χ2n) is 7.49. The maximum atomic E-state index is 13.5. The van der Waals surface area contributed by atoms with E-state index in [-0.39, 0.29) is 29.6 Å². The van der Waals surface area contributed by atoms with Gasteiger partial charge in [0.25, 0.3) is 0 Å². The molecule has 2 aliphatic heterocycles. The molecule has 3 amide bonds. The van der Waals surface area contributed by atoms with Crippen LogP contribution in [-0.2, 0) is 4.79 Å². The van der Waals surface area contributed by atoms with Crippen LogP contribution < -0.4 is 5.32 Å². The summed E-state index contributed by atoms with van der Waals surface area (Å²) in [5.74, 6) is 0.249. The van der Waals surface area contributed by atoms with Crippen molar-refractivity contribution >= 4 is 23.7 Å². The average Bonchev–Trinajstić information content (AvgIpc) is 3.39. The molecule has 10 heteroatoms. The lowest BCUT2D eigenvalue weighted by Gasteiger charge is -2.31. The quantitative estimate of drug-likeness (QED) is 0.707. The van der Waals surface area contributed by atoms with E-state index in [0.717, 1.165) is 37.4 Å². The SMILES string of the molecule is C[C@H](c1nnc(SCC(=O)N2CCNC2=O)n1-c1ccc(F)cc1)N1CCCCC1. The van der Waals surface area contributed by atoms with Crippen LogP contribution in [0.3, 0.4) is 0 Å². The minimum Gasteiger partial charge on any atom is -0.336 e. The lowest BCUT2D eigenvalue weighted by Crippen LogP contribution is -2.35. The first-order chi connectivity index (χ1) is 14.5. The lowest BCUT2D eigenvalue weighted by molar-refractivity contribution is -0.124. The first kappa shape index (κ1) is 20.8. The van der Waals surface area contributed by atoms with Crippen molar-refractivity contribution in [3.05, 3.63) is 35.9 Å². The largest absolute Gasteiger partial charge is 0.336 e. The second kappa shape index (κ2) is 9.13. The summed E-state index contributed by atoms with van der Waals surface area (Å²) in [6, 6.07) is 5.85. The van der Waals surface area contributed by atoms with E-state index in [1.807, 2.05) is 4.57 Å². The van der Waals surface area contributed by atoms with Crippen molar-refractivity contribution in [2.45, 2.75) is 37.4 Å². The van der Waals surface area contributed by atoms with Gasteiger partial charge in [-0.05, 0) is 57.1 Å². The molecule has 30 heavy (non-hydrogen) atoms. The number of halogens is 1. The molecule has 2 fully saturated rings. The molecular weight excluding hydrogens is 407 g/mol. The van der Waals surface area contributed by atoms with Crippen LogP contribution in [0.2, 0.25) is 0 Å². The molecule has 1 aromatic carbocycles. The number of carbonyl (C=O) groups excluding carboxylic acids is 2. The zero-order valence-electron chi connectivity index (χ0n) is 16.9. The van der Waals surface area contributed by atoms with Gasteiger partial charge in [-0.2, -0.15) is 0 Å². The molecule has 1 N–H and O–H groups in total. The van der Waals surface area contributed by atoms with E-state index in [9.17, 15) is 14.0 Å². The number of nitrogens with one attached hydrogen (secondary N) is 1. The first-order valence-corrected chi connectivity index (χ1v) is 11.2. The number of imide groups is 1. The number of piperidine rings is 1. The Bertz CT molecular complexity index is 913. The van der Waals surface area contributed by atoms with Gasteiger partial charge in [0.05, 0.1) is 11.8 Å². The van der Waals surface area contributed by atoms with E-state index in [1.54, 1.807) is 12.1 Å². The Morgan fingerprint density at radius 2 is 1.90 bits per heavy atom. The number of urea groups is 1. The summed E-state index contributed by atoms with van der Waals surface area (Å²) in [4.78, 5) is 27.8. The Kier molecular flexibility index (Phi) is 6.33. The van der Waals surface area contributed by atoms with Crippen LogP contribution in [0.1, 0.15) is 38.1 Å². The minimum atomic E-state index is -0.361. The van der Waals surface area contributed by atoms with Crippen molar-refractivity contribution < 1.29 is 14.0 Å². The summed E-state index contributed by atoms with van der Waals surface area (Å²) in [6.07, 6.45) is 3.55. The fourth-order valence-corrected chi connectivity index (χ4v) is 4.70. The number of amides is 3. The van der Waals surface area contributed by atoms with Crippen LogP contribution >= 0.6 is 11.8 Å². The van der Waals surface area contributed by atoms with Crippen LogP contribution in [0.4, 0.5) is 9.18 Å². The normalized spacial score (nSPS) is 18.5. The molecule has 1 atom stereocenters. The van der Waals surface area contributed by atoms with Gasteiger partial charge >= 0.3 is 6.03 Å². The van der Waals surface area contributed by atoms with E-state index >= 15 is 0 Å². The maximum absolute atomic E-state index is 13.5. The molecule has 160 valence electrons. The van der Waals surface area contributed by atoms with Crippen LogP contribution in [0.15, 0.2) is 29.4 Å². The Morgan fingerprint density at radius 3 is 2.57 bits per heavy atom. The highest BCUT2D eigenvalue weighted by molar-refractivity contribution is 7.99. The minimum absolute atomic E-state index is 0.0391. The van der Waals surface area contributed by atoms with Crippen LogP contribution in [0.25, 0.3) is 5.69 Å². The molecule has 2 aliphatic rings. The third-order valence-electron chi connectivity index (χ3n) is 5.54. The molecule has 0 spiro atoms. The van der Waals surface area contributed by atoms with Crippen molar-refractivity contribution in [2.24, 2.45) is 0 Å².